The zero-order chi connectivity index (χ0) is 20.1. The number of piperidine rings is 1. The summed E-state index contributed by atoms with van der Waals surface area (Å²) in [6.45, 7) is 3.65. The summed E-state index contributed by atoms with van der Waals surface area (Å²) in [7, 11) is 0. The van der Waals surface area contributed by atoms with Gasteiger partial charge in [0.05, 0.1) is 5.25 Å². The fourth-order valence-electron chi connectivity index (χ4n) is 3.76. The third kappa shape index (κ3) is 5.48. The maximum absolute atomic E-state index is 12.9. The van der Waals surface area contributed by atoms with Crippen LogP contribution < -0.4 is 0 Å². The van der Waals surface area contributed by atoms with E-state index in [-0.39, 0.29) is 11.2 Å². The molecule has 1 unspecified atom stereocenters. The van der Waals surface area contributed by atoms with Gasteiger partial charge in [-0.2, -0.15) is 0 Å². The molecule has 3 aromatic rings. The number of thiophene rings is 1. The van der Waals surface area contributed by atoms with Gasteiger partial charge in [0, 0.05) is 24.4 Å². The predicted molar refractivity (Wildman–Crippen MR) is 118 cm³/mol. The van der Waals surface area contributed by atoms with E-state index in [1.165, 1.54) is 22.2 Å². The largest absolute Gasteiger partial charge is 0.342 e. The van der Waals surface area contributed by atoms with Gasteiger partial charge in [0.2, 0.25) is 11.1 Å². The molecule has 29 heavy (non-hydrogen) atoms. The molecule has 1 N–H and O–H groups in total. The van der Waals surface area contributed by atoms with Crippen LogP contribution in [-0.2, 0) is 17.6 Å². The van der Waals surface area contributed by atoms with Gasteiger partial charge in [-0.25, -0.2) is 4.98 Å². The van der Waals surface area contributed by atoms with E-state index in [9.17, 15) is 4.79 Å². The standard InChI is InChI=1S/C22H26N4OS2/c1-16(29-22-23-20(24-25-22)15-19-8-5-13-28-19)21(27)26-11-9-18(10-12-26)14-17-6-3-2-4-7-17/h2-8,13,16,18H,9-12,14-15H2,1H3,(H,23,24,25). The lowest BCUT2D eigenvalue weighted by molar-refractivity contribution is -0.131. The molecule has 1 aliphatic rings. The first-order valence-electron chi connectivity index (χ1n) is 10.1. The number of hydrogen-bond donors (Lipinski definition) is 1. The molecule has 1 fully saturated rings. The summed E-state index contributed by atoms with van der Waals surface area (Å²) in [6.07, 6.45) is 4.01. The van der Waals surface area contributed by atoms with Crippen molar-refractivity contribution in [2.75, 3.05) is 13.1 Å². The van der Waals surface area contributed by atoms with Gasteiger partial charge in [0.15, 0.2) is 0 Å². The lowest BCUT2D eigenvalue weighted by Crippen LogP contribution is -2.42. The van der Waals surface area contributed by atoms with Crippen molar-refractivity contribution in [3.63, 3.8) is 0 Å². The highest BCUT2D eigenvalue weighted by atomic mass is 32.2. The maximum atomic E-state index is 12.9. The first-order valence-corrected chi connectivity index (χ1v) is 11.9. The van der Waals surface area contributed by atoms with Gasteiger partial charge in [-0.1, -0.05) is 48.2 Å². The Kier molecular flexibility index (Phi) is 6.67. The fourth-order valence-corrected chi connectivity index (χ4v) is 5.29. The Labute approximate surface area is 179 Å². The smallest absolute Gasteiger partial charge is 0.235 e. The lowest BCUT2D eigenvalue weighted by Gasteiger charge is -2.33. The van der Waals surface area contributed by atoms with Gasteiger partial charge in [-0.15, -0.1) is 16.4 Å². The number of amides is 1. The van der Waals surface area contributed by atoms with E-state index in [4.69, 9.17) is 0 Å². The van der Waals surface area contributed by atoms with Crippen molar-refractivity contribution in [2.24, 2.45) is 5.92 Å². The monoisotopic (exact) mass is 426 g/mol. The van der Waals surface area contributed by atoms with Crippen molar-refractivity contribution in [2.45, 2.75) is 43.0 Å². The summed E-state index contributed by atoms with van der Waals surface area (Å²) in [5, 5.41) is 9.82. The van der Waals surface area contributed by atoms with Crippen LogP contribution in [0.15, 0.2) is 53.0 Å². The second-order valence-electron chi connectivity index (χ2n) is 7.54. The van der Waals surface area contributed by atoms with Crippen LogP contribution in [0, 0.1) is 5.92 Å². The minimum Gasteiger partial charge on any atom is -0.342 e. The molecule has 0 radical (unpaired) electrons. The number of carbonyl (C=O) groups is 1. The van der Waals surface area contributed by atoms with Crippen molar-refractivity contribution in [3.8, 4) is 0 Å². The normalized spacial score (nSPS) is 16.1. The Hall–Kier alpha value is -2.12. The van der Waals surface area contributed by atoms with Crippen LogP contribution in [0.2, 0.25) is 0 Å². The summed E-state index contributed by atoms with van der Waals surface area (Å²) in [5.74, 6) is 1.70. The molecule has 0 saturated carbocycles. The number of nitrogens with one attached hydrogen (secondary N) is 1. The van der Waals surface area contributed by atoms with Crippen molar-refractivity contribution >= 4 is 29.0 Å². The Bertz CT molecular complexity index is 902. The molecule has 1 atom stereocenters. The molecule has 7 heteroatoms. The van der Waals surface area contributed by atoms with Gasteiger partial charge in [-0.3, -0.25) is 9.89 Å². The average molecular weight is 427 g/mol. The summed E-state index contributed by atoms with van der Waals surface area (Å²) in [4.78, 5) is 20.7. The van der Waals surface area contributed by atoms with Crippen LogP contribution in [0.4, 0.5) is 0 Å². The summed E-state index contributed by atoms with van der Waals surface area (Å²) in [5.41, 5.74) is 1.39. The Morgan fingerprint density at radius 1 is 1.24 bits per heavy atom. The van der Waals surface area contributed by atoms with E-state index in [1.807, 2.05) is 17.9 Å². The second kappa shape index (κ2) is 9.59. The lowest BCUT2D eigenvalue weighted by atomic mass is 9.90. The molecule has 152 valence electrons. The summed E-state index contributed by atoms with van der Waals surface area (Å²) < 4.78 is 0. The maximum Gasteiger partial charge on any atom is 0.235 e. The van der Waals surface area contributed by atoms with Crippen LogP contribution in [0.25, 0.3) is 0 Å². The Morgan fingerprint density at radius 2 is 2.03 bits per heavy atom. The number of nitrogens with zero attached hydrogens (tertiary/aromatic N) is 3. The molecule has 3 heterocycles. The number of carbonyl (C=O) groups excluding carboxylic acids is 1. The topological polar surface area (TPSA) is 61.9 Å². The predicted octanol–water partition coefficient (Wildman–Crippen LogP) is 4.42. The minimum absolute atomic E-state index is 0.175. The van der Waals surface area contributed by atoms with E-state index >= 15 is 0 Å². The highest BCUT2D eigenvalue weighted by molar-refractivity contribution is 8.00. The number of thioether (sulfide) groups is 1. The number of rotatable bonds is 7. The second-order valence-corrected chi connectivity index (χ2v) is 9.88. The summed E-state index contributed by atoms with van der Waals surface area (Å²) in [6, 6.07) is 14.8. The van der Waals surface area contributed by atoms with Gasteiger partial charge in [0.1, 0.15) is 5.82 Å². The Morgan fingerprint density at radius 3 is 2.76 bits per heavy atom. The third-order valence-electron chi connectivity index (χ3n) is 5.36. The van der Waals surface area contributed by atoms with E-state index in [0.29, 0.717) is 11.1 Å². The van der Waals surface area contributed by atoms with Crippen molar-refractivity contribution in [1.29, 1.82) is 0 Å². The SMILES string of the molecule is CC(Sc1n[nH]c(Cc2cccs2)n1)C(=O)N1CCC(Cc2ccccc2)CC1. The average Bonchev–Trinajstić information content (AvgIpc) is 3.41. The van der Waals surface area contributed by atoms with Crippen LogP contribution >= 0.6 is 23.1 Å². The molecule has 0 aliphatic carbocycles. The van der Waals surface area contributed by atoms with Crippen LogP contribution in [0.1, 0.15) is 36.0 Å². The van der Waals surface area contributed by atoms with Crippen molar-refractivity contribution < 1.29 is 4.79 Å². The van der Waals surface area contributed by atoms with E-state index in [2.05, 4.69) is 57.0 Å². The van der Waals surface area contributed by atoms with Gasteiger partial charge in [-0.05, 0) is 49.1 Å². The highest BCUT2D eigenvalue weighted by Gasteiger charge is 2.27. The van der Waals surface area contributed by atoms with Gasteiger partial charge in [0.25, 0.3) is 0 Å². The van der Waals surface area contributed by atoms with Crippen LogP contribution in [0.3, 0.4) is 0 Å². The van der Waals surface area contributed by atoms with E-state index in [0.717, 1.165) is 44.6 Å². The van der Waals surface area contributed by atoms with E-state index < -0.39 is 0 Å². The molecular weight excluding hydrogens is 400 g/mol. The molecular formula is C22H26N4OS2. The zero-order valence-corrected chi connectivity index (χ0v) is 18.2. The van der Waals surface area contributed by atoms with Crippen molar-refractivity contribution in [3.05, 3.63) is 64.1 Å². The zero-order valence-electron chi connectivity index (χ0n) is 16.6. The minimum atomic E-state index is -0.175. The number of aromatic amines is 1. The van der Waals surface area contributed by atoms with E-state index in [1.54, 1.807) is 11.3 Å². The number of H-pyrrole nitrogens is 1. The van der Waals surface area contributed by atoms with Gasteiger partial charge < -0.3 is 4.90 Å². The highest BCUT2D eigenvalue weighted by Crippen LogP contribution is 2.26. The molecule has 4 rings (SSSR count). The quantitative estimate of drug-likeness (QED) is 0.568. The first kappa shape index (κ1) is 20.2. The molecule has 1 amide bonds. The first-order chi connectivity index (χ1) is 14.2. The van der Waals surface area contributed by atoms with Gasteiger partial charge >= 0.3 is 0 Å². The Balaban J connectivity index is 1.25. The third-order valence-corrected chi connectivity index (χ3v) is 7.18. The molecule has 1 aromatic carbocycles. The van der Waals surface area contributed by atoms with Crippen LogP contribution in [-0.4, -0.2) is 44.3 Å². The molecule has 0 spiro atoms. The number of aromatic nitrogens is 3. The number of likely N-dealkylation sites (tertiary alicyclic amines) is 1. The molecule has 0 bridgehead atoms. The fraction of sp³-hybridized carbons (Fsp3) is 0.409. The van der Waals surface area contributed by atoms with Crippen molar-refractivity contribution in [1.82, 2.24) is 20.1 Å². The molecule has 1 saturated heterocycles. The molecule has 2 aromatic heterocycles. The number of benzene rings is 1. The van der Waals surface area contributed by atoms with Crippen LogP contribution in [0.5, 0.6) is 0 Å². The number of hydrogen-bond acceptors (Lipinski definition) is 5. The summed E-state index contributed by atoms with van der Waals surface area (Å²) >= 11 is 3.15. The molecule has 1 aliphatic heterocycles. The molecule has 5 nitrogen and oxygen atoms in total.